The Labute approximate surface area is 341 Å². The quantitative estimate of drug-likeness (QED) is 0.0216. The number of ether oxygens (including phenoxy) is 2. The number of nitrogens with zero attached hydrogens (tertiary/aromatic N) is 1. The van der Waals surface area contributed by atoms with Gasteiger partial charge in [-0.15, -0.1) is 0 Å². The number of hydrogen-bond donors (Lipinski definition) is 1. The molecule has 0 spiro atoms. The first-order valence-electron chi connectivity index (χ1n) is 23.1. The molecule has 8 nitrogen and oxygen atoms in total. The van der Waals surface area contributed by atoms with Crippen molar-refractivity contribution in [3.05, 3.63) is 24.3 Å². The van der Waals surface area contributed by atoms with Crippen LogP contribution in [0.3, 0.4) is 0 Å². The lowest BCUT2D eigenvalue weighted by Crippen LogP contribution is -2.37. The highest BCUT2D eigenvalue weighted by molar-refractivity contribution is 7.47. The van der Waals surface area contributed by atoms with E-state index in [4.69, 9.17) is 18.5 Å². The van der Waals surface area contributed by atoms with Crippen LogP contribution in [0.5, 0.6) is 0 Å². The van der Waals surface area contributed by atoms with E-state index in [1.165, 1.54) is 154 Å². The zero-order valence-electron chi connectivity index (χ0n) is 36.9. The van der Waals surface area contributed by atoms with Crippen LogP contribution in [0.2, 0.25) is 0 Å². The summed E-state index contributed by atoms with van der Waals surface area (Å²) in [4.78, 5) is 22.9. The van der Waals surface area contributed by atoms with Crippen LogP contribution in [-0.4, -0.2) is 75.6 Å². The number of phosphoric acid groups is 1. The molecule has 0 heterocycles. The van der Waals surface area contributed by atoms with Gasteiger partial charge < -0.3 is 18.9 Å². The standard InChI is InChI=1S/C46H90NO7P/c1-6-8-10-12-14-16-18-20-21-22-23-24-25-26-27-28-29-31-33-35-37-39-46(48)54-45(44-53-55(49,50)52-42-40-47(3,4)5)43-51-41-38-36-34-32-30-19-17-15-13-11-9-7-2/h13,15,22-23,45H,6-12,14,16-21,24-44H2,1-5H3/p+1/b15-13-,23-22-. The van der Waals surface area contributed by atoms with Crippen LogP contribution in [-0.2, 0) is 27.9 Å². The third-order valence-corrected chi connectivity index (χ3v) is 11.0. The Morgan fingerprint density at radius 2 is 0.964 bits per heavy atom. The Morgan fingerprint density at radius 3 is 1.44 bits per heavy atom. The molecule has 0 fully saturated rings. The lowest BCUT2D eigenvalue weighted by molar-refractivity contribution is -0.870. The van der Waals surface area contributed by atoms with E-state index in [1.807, 2.05) is 21.1 Å². The normalized spacial score (nSPS) is 13.9. The maximum Gasteiger partial charge on any atom is 0.472 e. The largest absolute Gasteiger partial charge is 0.472 e. The van der Waals surface area contributed by atoms with Gasteiger partial charge in [-0.25, -0.2) is 4.57 Å². The third kappa shape index (κ3) is 43.9. The molecule has 0 aliphatic carbocycles. The summed E-state index contributed by atoms with van der Waals surface area (Å²) in [5.74, 6) is -0.317. The van der Waals surface area contributed by atoms with Gasteiger partial charge in [0.2, 0.25) is 0 Å². The van der Waals surface area contributed by atoms with E-state index < -0.39 is 13.9 Å². The third-order valence-electron chi connectivity index (χ3n) is 9.99. The minimum absolute atomic E-state index is 0.0883. The Hall–Kier alpha value is -1.02. The van der Waals surface area contributed by atoms with Gasteiger partial charge in [-0.05, 0) is 57.8 Å². The Kier molecular flexibility index (Phi) is 39.1. The first-order chi connectivity index (χ1) is 26.6. The number of phosphoric ester groups is 1. The topological polar surface area (TPSA) is 91.3 Å². The highest BCUT2D eigenvalue weighted by Crippen LogP contribution is 2.43. The van der Waals surface area contributed by atoms with E-state index in [0.717, 1.165) is 32.1 Å². The second-order valence-electron chi connectivity index (χ2n) is 16.8. The Morgan fingerprint density at radius 1 is 0.545 bits per heavy atom. The molecule has 0 rings (SSSR count). The van der Waals surface area contributed by atoms with Gasteiger partial charge in [0.1, 0.15) is 19.3 Å². The van der Waals surface area contributed by atoms with Crippen molar-refractivity contribution in [2.24, 2.45) is 0 Å². The van der Waals surface area contributed by atoms with Crippen LogP contribution >= 0.6 is 7.82 Å². The molecule has 0 saturated heterocycles. The van der Waals surface area contributed by atoms with Gasteiger partial charge in [-0.3, -0.25) is 13.8 Å². The molecule has 0 bridgehead atoms. The van der Waals surface area contributed by atoms with Crippen LogP contribution in [0, 0.1) is 0 Å². The molecule has 0 amide bonds. The molecule has 0 aromatic carbocycles. The molecule has 9 heteroatoms. The number of carbonyl (C=O) groups is 1. The molecule has 326 valence electrons. The first-order valence-corrected chi connectivity index (χ1v) is 24.6. The Balaban J connectivity index is 4.14. The number of quaternary nitrogens is 1. The average Bonchev–Trinajstić information content (AvgIpc) is 3.13. The summed E-state index contributed by atoms with van der Waals surface area (Å²) in [6.45, 7) is 5.60. The van der Waals surface area contributed by atoms with Crippen molar-refractivity contribution in [3.63, 3.8) is 0 Å². The number of unbranched alkanes of at least 4 members (excludes halogenated alkanes) is 25. The van der Waals surface area contributed by atoms with Gasteiger partial charge in [-0.2, -0.15) is 0 Å². The molecule has 0 aliphatic heterocycles. The van der Waals surface area contributed by atoms with Gasteiger partial charge in [-0.1, -0.05) is 167 Å². The van der Waals surface area contributed by atoms with E-state index in [0.29, 0.717) is 24.1 Å². The number of carbonyl (C=O) groups excluding carboxylic acids is 1. The molecule has 2 unspecified atom stereocenters. The highest BCUT2D eigenvalue weighted by Gasteiger charge is 2.26. The summed E-state index contributed by atoms with van der Waals surface area (Å²) in [7, 11) is 1.67. The fraction of sp³-hybridized carbons (Fsp3) is 0.891. The molecule has 0 radical (unpaired) electrons. The Bertz CT molecular complexity index is 936. The molecule has 2 atom stereocenters. The first kappa shape index (κ1) is 54.0. The van der Waals surface area contributed by atoms with Crippen LogP contribution in [0.25, 0.3) is 0 Å². The highest BCUT2D eigenvalue weighted by atomic mass is 31.2. The molecule has 55 heavy (non-hydrogen) atoms. The molecule has 0 aromatic heterocycles. The van der Waals surface area contributed by atoms with Crippen molar-refractivity contribution in [1.82, 2.24) is 0 Å². The lowest BCUT2D eigenvalue weighted by Gasteiger charge is -2.24. The number of esters is 1. The molecule has 0 aromatic rings. The van der Waals surface area contributed by atoms with Crippen LogP contribution < -0.4 is 0 Å². The van der Waals surface area contributed by atoms with Crippen molar-refractivity contribution in [2.45, 2.75) is 213 Å². The van der Waals surface area contributed by atoms with Crippen LogP contribution in [0.1, 0.15) is 206 Å². The number of allylic oxidation sites excluding steroid dienone is 4. The molecular formula is C46H91NO7P+. The lowest BCUT2D eigenvalue weighted by atomic mass is 10.1. The summed E-state index contributed by atoms with van der Waals surface area (Å²) in [5, 5.41) is 0. The van der Waals surface area contributed by atoms with E-state index in [-0.39, 0.29) is 25.8 Å². The summed E-state index contributed by atoms with van der Waals surface area (Å²) in [6, 6.07) is 0. The van der Waals surface area contributed by atoms with Gasteiger partial charge in [0.15, 0.2) is 0 Å². The van der Waals surface area contributed by atoms with Gasteiger partial charge in [0.05, 0.1) is 34.4 Å². The fourth-order valence-electron chi connectivity index (χ4n) is 6.35. The smallest absolute Gasteiger partial charge is 0.457 e. The summed E-state index contributed by atoms with van der Waals surface area (Å²) >= 11 is 0. The second-order valence-corrected chi connectivity index (χ2v) is 18.2. The summed E-state index contributed by atoms with van der Waals surface area (Å²) < 4.78 is 35.0. The van der Waals surface area contributed by atoms with Crippen molar-refractivity contribution < 1.29 is 37.3 Å². The zero-order valence-corrected chi connectivity index (χ0v) is 37.8. The monoisotopic (exact) mass is 801 g/mol. The van der Waals surface area contributed by atoms with Crippen molar-refractivity contribution in [1.29, 1.82) is 0 Å². The maximum atomic E-state index is 12.7. The van der Waals surface area contributed by atoms with E-state index in [1.54, 1.807) is 0 Å². The predicted molar refractivity (Wildman–Crippen MR) is 233 cm³/mol. The molecule has 0 aliphatic rings. The molecular weight excluding hydrogens is 709 g/mol. The predicted octanol–water partition coefficient (Wildman–Crippen LogP) is 13.6. The SMILES string of the molecule is CCCC/C=C\CCCCCCCCOCC(COP(=O)(O)OCC[N+](C)(C)C)OC(=O)CCCCCCCCCCC/C=C\CCCCCCCCCC. The number of rotatable bonds is 43. The van der Waals surface area contributed by atoms with Crippen molar-refractivity contribution >= 4 is 13.8 Å². The van der Waals surface area contributed by atoms with Crippen molar-refractivity contribution in [2.75, 3.05) is 54.1 Å². The zero-order chi connectivity index (χ0) is 40.6. The van der Waals surface area contributed by atoms with E-state index in [2.05, 4.69) is 38.2 Å². The van der Waals surface area contributed by atoms with Gasteiger partial charge in [0, 0.05) is 13.0 Å². The van der Waals surface area contributed by atoms with Gasteiger partial charge >= 0.3 is 13.8 Å². The minimum atomic E-state index is -4.27. The average molecular weight is 801 g/mol. The number of likely N-dealkylation sites (N-methyl/N-ethyl adjacent to an activating group) is 1. The van der Waals surface area contributed by atoms with Crippen LogP contribution in [0.15, 0.2) is 24.3 Å². The molecule has 1 N–H and O–H groups in total. The summed E-state index contributed by atoms with van der Waals surface area (Å²) in [5.41, 5.74) is 0. The molecule has 0 saturated carbocycles. The number of hydrogen-bond acceptors (Lipinski definition) is 6. The van der Waals surface area contributed by atoms with E-state index >= 15 is 0 Å². The van der Waals surface area contributed by atoms with Crippen molar-refractivity contribution in [3.8, 4) is 0 Å². The second kappa shape index (κ2) is 39.8. The minimum Gasteiger partial charge on any atom is -0.457 e. The summed E-state index contributed by atoms with van der Waals surface area (Å²) in [6.07, 6.45) is 45.0. The van der Waals surface area contributed by atoms with Gasteiger partial charge in [0.25, 0.3) is 0 Å². The van der Waals surface area contributed by atoms with Crippen LogP contribution in [0.4, 0.5) is 0 Å². The van der Waals surface area contributed by atoms with E-state index in [9.17, 15) is 14.3 Å². The fourth-order valence-corrected chi connectivity index (χ4v) is 7.09. The maximum absolute atomic E-state index is 12.7.